The second-order valence-corrected chi connectivity index (χ2v) is 8.80. The first kappa shape index (κ1) is 14.6. The Hall–Kier alpha value is -1.33. The highest BCUT2D eigenvalue weighted by Gasteiger charge is 2.25. The van der Waals surface area contributed by atoms with Crippen molar-refractivity contribution in [1.82, 2.24) is 4.98 Å². The summed E-state index contributed by atoms with van der Waals surface area (Å²) in [5.41, 5.74) is 3.13. The van der Waals surface area contributed by atoms with Crippen molar-refractivity contribution in [3.8, 4) is 0 Å². The van der Waals surface area contributed by atoms with Crippen LogP contribution in [0, 0.1) is 0 Å². The predicted octanol–water partition coefficient (Wildman–Crippen LogP) is 4.19. The smallest absolute Gasteiger partial charge is 0.151 e. The summed E-state index contributed by atoms with van der Waals surface area (Å²) < 4.78 is 23.5. The van der Waals surface area contributed by atoms with E-state index in [1.807, 2.05) is 30.3 Å². The summed E-state index contributed by atoms with van der Waals surface area (Å²) in [7, 11) is -3.09. The zero-order valence-corrected chi connectivity index (χ0v) is 14.2. The van der Waals surface area contributed by atoms with E-state index in [4.69, 9.17) is 0 Å². The number of aromatic amines is 1. The molecule has 5 heteroatoms. The minimum absolute atomic E-state index is 0.217. The van der Waals surface area contributed by atoms with Gasteiger partial charge in [-0.25, -0.2) is 8.42 Å². The van der Waals surface area contributed by atoms with Gasteiger partial charge in [-0.05, 0) is 30.7 Å². The van der Waals surface area contributed by atoms with Gasteiger partial charge in [0.25, 0.3) is 0 Å². The first-order valence-corrected chi connectivity index (χ1v) is 9.58. The number of benzene rings is 2. The molecule has 0 bridgehead atoms. The molecule has 0 amide bonds. The van der Waals surface area contributed by atoms with Crippen LogP contribution in [-0.2, 0) is 9.84 Å². The highest BCUT2D eigenvalue weighted by molar-refractivity contribution is 9.09. The third-order valence-electron chi connectivity index (χ3n) is 3.94. The molecule has 2 aromatic carbocycles. The molecule has 0 saturated heterocycles. The van der Waals surface area contributed by atoms with Gasteiger partial charge in [0.1, 0.15) is 0 Å². The lowest BCUT2D eigenvalue weighted by Crippen LogP contribution is -2.20. The van der Waals surface area contributed by atoms with Crippen LogP contribution in [-0.4, -0.2) is 24.9 Å². The monoisotopic (exact) mass is 365 g/mol. The Kier molecular flexibility index (Phi) is 3.58. The Labute approximate surface area is 132 Å². The van der Waals surface area contributed by atoms with E-state index in [9.17, 15) is 8.42 Å². The average molecular weight is 366 g/mol. The van der Waals surface area contributed by atoms with Crippen molar-refractivity contribution >= 4 is 47.6 Å². The second-order valence-electron chi connectivity index (χ2n) is 5.41. The van der Waals surface area contributed by atoms with Crippen LogP contribution in [0.5, 0.6) is 0 Å². The molecule has 0 aliphatic heterocycles. The number of sulfone groups is 1. The predicted molar refractivity (Wildman–Crippen MR) is 91.8 cm³/mol. The standard InChI is InChI=1S/C16H16BrNO2S/c1-10(21(2,19)20)16(17)11-7-8-15-13(9-11)12-5-3-4-6-14(12)18-15/h3-10,16,18H,1-2H3. The Bertz CT molecular complexity index is 914. The number of para-hydroxylation sites is 1. The van der Waals surface area contributed by atoms with Gasteiger partial charge in [-0.2, -0.15) is 0 Å². The Morgan fingerprint density at radius 3 is 2.43 bits per heavy atom. The fourth-order valence-corrected chi connectivity index (χ4v) is 4.58. The minimum atomic E-state index is -3.09. The van der Waals surface area contributed by atoms with Gasteiger partial charge in [0.15, 0.2) is 9.84 Å². The van der Waals surface area contributed by atoms with E-state index in [0.717, 1.165) is 27.4 Å². The maximum Gasteiger partial charge on any atom is 0.151 e. The van der Waals surface area contributed by atoms with Gasteiger partial charge in [0, 0.05) is 28.1 Å². The van der Waals surface area contributed by atoms with Crippen molar-refractivity contribution in [2.75, 3.05) is 6.26 Å². The van der Waals surface area contributed by atoms with E-state index in [1.54, 1.807) is 6.92 Å². The first-order chi connectivity index (χ1) is 9.88. The lowest BCUT2D eigenvalue weighted by Gasteiger charge is -2.17. The summed E-state index contributed by atoms with van der Waals surface area (Å²) in [5.74, 6) is 0. The summed E-state index contributed by atoms with van der Waals surface area (Å²) in [6.07, 6.45) is 1.27. The quantitative estimate of drug-likeness (QED) is 0.707. The normalized spacial score (nSPS) is 15.4. The van der Waals surface area contributed by atoms with Gasteiger partial charge < -0.3 is 4.98 Å². The van der Waals surface area contributed by atoms with E-state index < -0.39 is 15.1 Å². The molecular weight excluding hydrogens is 350 g/mol. The van der Waals surface area contributed by atoms with Gasteiger partial charge in [-0.3, -0.25) is 0 Å². The largest absolute Gasteiger partial charge is 0.355 e. The van der Waals surface area contributed by atoms with Crippen molar-refractivity contribution in [2.24, 2.45) is 0 Å². The minimum Gasteiger partial charge on any atom is -0.355 e. The maximum absolute atomic E-state index is 11.7. The molecule has 3 nitrogen and oxygen atoms in total. The number of rotatable bonds is 3. The number of hydrogen-bond donors (Lipinski definition) is 1. The van der Waals surface area contributed by atoms with Crippen LogP contribution in [0.15, 0.2) is 42.5 Å². The van der Waals surface area contributed by atoms with Crippen LogP contribution in [0.25, 0.3) is 21.8 Å². The summed E-state index contributed by atoms with van der Waals surface area (Å²) in [6, 6.07) is 14.2. The van der Waals surface area contributed by atoms with Crippen LogP contribution >= 0.6 is 15.9 Å². The molecule has 3 aromatic rings. The molecule has 0 saturated carbocycles. The maximum atomic E-state index is 11.7. The lowest BCUT2D eigenvalue weighted by atomic mass is 10.1. The number of aromatic nitrogens is 1. The highest BCUT2D eigenvalue weighted by Crippen LogP contribution is 2.34. The van der Waals surface area contributed by atoms with Crippen molar-refractivity contribution in [1.29, 1.82) is 0 Å². The molecule has 0 fully saturated rings. The fourth-order valence-electron chi connectivity index (χ4n) is 2.53. The van der Waals surface area contributed by atoms with Crippen LogP contribution < -0.4 is 0 Å². The third kappa shape index (κ3) is 2.60. The van der Waals surface area contributed by atoms with Gasteiger partial charge in [0.2, 0.25) is 0 Å². The topological polar surface area (TPSA) is 49.9 Å². The van der Waals surface area contributed by atoms with Crippen LogP contribution in [0.3, 0.4) is 0 Å². The molecule has 0 aliphatic carbocycles. The zero-order chi connectivity index (χ0) is 15.2. The highest BCUT2D eigenvalue weighted by atomic mass is 79.9. The van der Waals surface area contributed by atoms with E-state index in [0.29, 0.717) is 0 Å². The first-order valence-electron chi connectivity index (χ1n) is 6.71. The Morgan fingerprint density at radius 2 is 1.71 bits per heavy atom. The van der Waals surface area contributed by atoms with Crippen molar-refractivity contribution in [3.05, 3.63) is 48.0 Å². The molecule has 1 N–H and O–H groups in total. The SMILES string of the molecule is CC(C(Br)c1ccc2[nH]c3ccccc3c2c1)S(C)(=O)=O. The number of H-pyrrole nitrogens is 1. The van der Waals surface area contributed by atoms with Gasteiger partial charge in [0.05, 0.1) is 10.1 Å². The molecule has 110 valence electrons. The number of halogens is 1. The number of alkyl halides is 1. The molecule has 1 aromatic heterocycles. The Balaban J connectivity index is 2.14. The van der Waals surface area contributed by atoms with Crippen molar-refractivity contribution in [2.45, 2.75) is 17.0 Å². The molecule has 2 unspecified atom stereocenters. The van der Waals surface area contributed by atoms with Crippen LogP contribution in [0.4, 0.5) is 0 Å². The average Bonchev–Trinajstić information content (AvgIpc) is 2.82. The van der Waals surface area contributed by atoms with Gasteiger partial charge in [-0.1, -0.05) is 40.2 Å². The summed E-state index contributed by atoms with van der Waals surface area (Å²) in [4.78, 5) is 3.15. The van der Waals surface area contributed by atoms with Crippen LogP contribution in [0.1, 0.15) is 17.3 Å². The summed E-state index contributed by atoms with van der Waals surface area (Å²) in [5, 5.41) is 1.80. The molecule has 0 radical (unpaired) electrons. The van der Waals surface area contributed by atoms with Crippen molar-refractivity contribution < 1.29 is 8.42 Å². The molecular formula is C16H16BrNO2S. The van der Waals surface area contributed by atoms with Crippen molar-refractivity contribution in [3.63, 3.8) is 0 Å². The summed E-state index contributed by atoms with van der Waals surface area (Å²) >= 11 is 3.54. The lowest BCUT2D eigenvalue weighted by molar-refractivity contribution is 0.588. The summed E-state index contributed by atoms with van der Waals surface area (Å²) in [6.45, 7) is 1.73. The molecule has 21 heavy (non-hydrogen) atoms. The zero-order valence-electron chi connectivity index (χ0n) is 11.8. The Morgan fingerprint density at radius 1 is 1.05 bits per heavy atom. The number of hydrogen-bond acceptors (Lipinski definition) is 2. The van der Waals surface area contributed by atoms with Gasteiger partial charge >= 0.3 is 0 Å². The second kappa shape index (κ2) is 5.14. The molecule has 3 rings (SSSR count). The molecule has 0 spiro atoms. The van der Waals surface area contributed by atoms with Gasteiger partial charge in [-0.15, -0.1) is 0 Å². The van der Waals surface area contributed by atoms with E-state index in [2.05, 4.69) is 33.0 Å². The molecule has 2 atom stereocenters. The third-order valence-corrected chi connectivity index (χ3v) is 7.23. The van der Waals surface area contributed by atoms with E-state index >= 15 is 0 Å². The van der Waals surface area contributed by atoms with Crippen LogP contribution in [0.2, 0.25) is 0 Å². The number of fused-ring (bicyclic) bond motifs is 3. The van der Waals surface area contributed by atoms with E-state index in [-0.39, 0.29) is 4.83 Å². The molecule has 0 aliphatic rings. The molecule has 1 heterocycles. The fraction of sp³-hybridized carbons (Fsp3) is 0.250. The number of nitrogens with one attached hydrogen (secondary N) is 1. The van der Waals surface area contributed by atoms with E-state index in [1.165, 1.54) is 6.26 Å².